The van der Waals surface area contributed by atoms with Crippen molar-refractivity contribution in [1.29, 1.82) is 0 Å². The zero-order valence-corrected chi connectivity index (χ0v) is 10.8. The van der Waals surface area contributed by atoms with E-state index in [1.807, 2.05) is 65.0 Å². The van der Waals surface area contributed by atoms with E-state index in [9.17, 15) is 0 Å². The summed E-state index contributed by atoms with van der Waals surface area (Å²) in [5, 5.41) is 0. The molecule has 0 saturated heterocycles. The Hall–Kier alpha value is -1.30. The highest BCUT2D eigenvalue weighted by Gasteiger charge is 1.89. The summed E-state index contributed by atoms with van der Waals surface area (Å²) in [5.41, 5.74) is 3.25. The normalized spacial score (nSPS) is 11.4. The molecule has 0 atom stereocenters. The fraction of sp³-hybridized carbons (Fsp3) is 0.333. The highest BCUT2D eigenvalue weighted by atomic mass is 13.9. The highest BCUT2D eigenvalue weighted by Crippen LogP contribution is 2.09. The fourth-order valence-electron chi connectivity index (χ4n) is 0.722. The van der Waals surface area contributed by atoms with Gasteiger partial charge < -0.3 is 0 Å². The van der Waals surface area contributed by atoms with Gasteiger partial charge in [-0.05, 0) is 31.9 Å². The van der Waals surface area contributed by atoms with Crippen LogP contribution in [0, 0.1) is 0 Å². The van der Waals surface area contributed by atoms with E-state index in [2.05, 4.69) is 13.2 Å². The molecule has 0 saturated carbocycles. The maximum Gasteiger partial charge on any atom is -0.0299 e. The quantitative estimate of drug-likeness (QED) is 0.550. The Morgan fingerprint density at radius 3 is 1.93 bits per heavy atom. The predicted octanol–water partition coefficient (Wildman–Crippen LogP) is 5.22. The van der Waals surface area contributed by atoms with Crippen molar-refractivity contribution >= 4 is 0 Å². The van der Waals surface area contributed by atoms with E-state index >= 15 is 0 Å². The lowest BCUT2D eigenvalue weighted by Gasteiger charge is -1.97. The van der Waals surface area contributed by atoms with Gasteiger partial charge in [0.25, 0.3) is 0 Å². The Bertz CT molecular complexity index is 272. The molecule has 0 aromatic heterocycles. The molecule has 15 heavy (non-hydrogen) atoms. The SMILES string of the molecule is C=C(C)/C=C\C(=C)/C(C)=C/C=C\C.CC. The Balaban J connectivity index is 0. The minimum absolute atomic E-state index is 1.03. The first-order valence-corrected chi connectivity index (χ1v) is 5.40. The Labute approximate surface area is 95.4 Å². The smallest absolute Gasteiger partial charge is 0.0299 e. The first kappa shape index (κ1) is 16.1. The third-order valence-electron chi connectivity index (χ3n) is 1.61. The summed E-state index contributed by atoms with van der Waals surface area (Å²) in [6.45, 7) is 17.7. The van der Waals surface area contributed by atoms with Crippen LogP contribution in [0.25, 0.3) is 0 Å². The van der Waals surface area contributed by atoms with Gasteiger partial charge in [0.15, 0.2) is 0 Å². The molecule has 0 N–H and O–H groups in total. The topological polar surface area (TPSA) is 0 Å². The fourth-order valence-corrected chi connectivity index (χ4v) is 0.722. The number of allylic oxidation sites excluding steroid dienone is 8. The lowest BCUT2D eigenvalue weighted by Crippen LogP contribution is -1.77. The van der Waals surface area contributed by atoms with E-state index in [-0.39, 0.29) is 0 Å². The number of rotatable bonds is 4. The van der Waals surface area contributed by atoms with Crippen molar-refractivity contribution in [2.24, 2.45) is 0 Å². The maximum atomic E-state index is 3.95. The van der Waals surface area contributed by atoms with E-state index < -0.39 is 0 Å². The third-order valence-corrected chi connectivity index (χ3v) is 1.61. The molecular weight excluding hydrogens is 180 g/mol. The summed E-state index contributed by atoms with van der Waals surface area (Å²) in [4.78, 5) is 0. The van der Waals surface area contributed by atoms with Gasteiger partial charge in [0.05, 0.1) is 0 Å². The van der Waals surface area contributed by atoms with Crippen LogP contribution < -0.4 is 0 Å². The molecule has 0 heterocycles. The van der Waals surface area contributed by atoms with Gasteiger partial charge in [0.1, 0.15) is 0 Å². The summed E-state index contributed by atoms with van der Waals surface area (Å²) in [6.07, 6.45) is 10.0. The van der Waals surface area contributed by atoms with Crippen molar-refractivity contribution < 1.29 is 0 Å². The van der Waals surface area contributed by atoms with Crippen LogP contribution >= 0.6 is 0 Å². The molecule has 0 fully saturated rings. The molecule has 0 amide bonds. The van der Waals surface area contributed by atoms with Gasteiger partial charge in [-0.3, -0.25) is 0 Å². The van der Waals surface area contributed by atoms with E-state index in [1.165, 1.54) is 5.57 Å². The van der Waals surface area contributed by atoms with Gasteiger partial charge in [-0.15, -0.1) is 0 Å². The van der Waals surface area contributed by atoms with Crippen molar-refractivity contribution in [3.8, 4) is 0 Å². The van der Waals surface area contributed by atoms with Gasteiger partial charge in [-0.25, -0.2) is 0 Å². The van der Waals surface area contributed by atoms with Crippen molar-refractivity contribution in [1.82, 2.24) is 0 Å². The Morgan fingerprint density at radius 1 is 1.00 bits per heavy atom. The Morgan fingerprint density at radius 2 is 1.53 bits per heavy atom. The summed E-state index contributed by atoms with van der Waals surface area (Å²) in [6, 6.07) is 0. The summed E-state index contributed by atoms with van der Waals surface area (Å²) < 4.78 is 0. The van der Waals surface area contributed by atoms with E-state index in [0.717, 1.165) is 11.1 Å². The molecule has 0 nitrogen and oxygen atoms in total. The molecule has 0 spiro atoms. The van der Waals surface area contributed by atoms with Crippen LogP contribution in [0.2, 0.25) is 0 Å². The van der Waals surface area contributed by atoms with E-state index in [4.69, 9.17) is 0 Å². The van der Waals surface area contributed by atoms with Crippen molar-refractivity contribution in [3.05, 3.63) is 60.3 Å². The monoisotopic (exact) mass is 204 g/mol. The lowest BCUT2D eigenvalue weighted by molar-refractivity contribution is 1.43. The molecule has 0 aliphatic carbocycles. The van der Waals surface area contributed by atoms with E-state index in [1.54, 1.807) is 0 Å². The minimum atomic E-state index is 1.03. The summed E-state index contributed by atoms with van der Waals surface area (Å²) in [5.74, 6) is 0. The van der Waals surface area contributed by atoms with Crippen LogP contribution in [0.4, 0.5) is 0 Å². The van der Waals surface area contributed by atoms with Crippen LogP contribution in [-0.2, 0) is 0 Å². The molecule has 0 aromatic rings. The molecule has 0 unspecified atom stereocenters. The predicted molar refractivity (Wildman–Crippen MR) is 73.0 cm³/mol. The maximum absolute atomic E-state index is 3.95. The zero-order chi connectivity index (χ0) is 12.3. The van der Waals surface area contributed by atoms with Crippen LogP contribution in [0.3, 0.4) is 0 Å². The second-order valence-corrected chi connectivity index (χ2v) is 3.08. The van der Waals surface area contributed by atoms with Gasteiger partial charge >= 0.3 is 0 Å². The zero-order valence-electron chi connectivity index (χ0n) is 10.8. The van der Waals surface area contributed by atoms with Crippen molar-refractivity contribution in [2.75, 3.05) is 0 Å². The summed E-state index contributed by atoms with van der Waals surface area (Å²) in [7, 11) is 0. The average Bonchev–Trinajstić information content (AvgIpc) is 2.25. The summed E-state index contributed by atoms with van der Waals surface area (Å²) >= 11 is 0. The molecule has 0 bridgehead atoms. The minimum Gasteiger partial charge on any atom is -0.0961 e. The molecule has 0 aliphatic rings. The van der Waals surface area contributed by atoms with Crippen molar-refractivity contribution in [3.63, 3.8) is 0 Å². The Kier molecular flexibility index (Phi) is 11.6. The molecule has 84 valence electrons. The molecular formula is C15H24. The van der Waals surface area contributed by atoms with Crippen LogP contribution in [0.1, 0.15) is 34.6 Å². The molecule has 0 rings (SSSR count). The van der Waals surface area contributed by atoms with Crippen LogP contribution in [0.5, 0.6) is 0 Å². The van der Waals surface area contributed by atoms with Gasteiger partial charge in [-0.1, -0.05) is 63.0 Å². The van der Waals surface area contributed by atoms with Gasteiger partial charge in [0, 0.05) is 0 Å². The molecule has 0 aromatic carbocycles. The van der Waals surface area contributed by atoms with Gasteiger partial charge in [0.2, 0.25) is 0 Å². The first-order valence-electron chi connectivity index (χ1n) is 5.40. The first-order chi connectivity index (χ1) is 7.07. The largest absolute Gasteiger partial charge is 0.0961 e. The van der Waals surface area contributed by atoms with Crippen molar-refractivity contribution in [2.45, 2.75) is 34.6 Å². The third kappa shape index (κ3) is 10.6. The van der Waals surface area contributed by atoms with Gasteiger partial charge in [-0.2, -0.15) is 0 Å². The average molecular weight is 204 g/mol. The molecule has 0 radical (unpaired) electrons. The number of hydrogen-bond donors (Lipinski definition) is 0. The lowest BCUT2D eigenvalue weighted by atomic mass is 10.1. The van der Waals surface area contributed by atoms with E-state index in [0.29, 0.717) is 0 Å². The second-order valence-electron chi connectivity index (χ2n) is 3.08. The van der Waals surface area contributed by atoms with Crippen LogP contribution in [0.15, 0.2) is 60.3 Å². The highest BCUT2D eigenvalue weighted by molar-refractivity contribution is 5.39. The number of hydrogen-bond acceptors (Lipinski definition) is 0. The standard InChI is InChI=1S/C13H18.C2H6/c1-6-7-8-12(4)13(5)10-9-11(2)3;1-2/h6-10H,2,5H2,1,3-4H3;1-2H3/b7-6-,10-9-,12-8+;. The second kappa shape index (κ2) is 10.8. The molecule has 0 heteroatoms. The van der Waals surface area contributed by atoms with Crippen LogP contribution in [-0.4, -0.2) is 0 Å². The molecule has 0 aliphatic heterocycles.